The van der Waals surface area contributed by atoms with Crippen LogP contribution in [0.5, 0.6) is 0 Å². The first kappa shape index (κ1) is 9.48. The van der Waals surface area contributed by atoms with Crippen molar-refractivity contribution in [2.45, 2.75) is 11.8 Å². The van der Waals surface area contributed by atoms with Crippen molar-refractivity contribution in [2.75, 3.05) is 0 Å². The SMILES string of the molecule is Cc1cccc(Cl)c1S(=O)(=O)F. The lowest BCUT2D eigenvalue weighted by atomic mass is 10.2. The predicted octanol–water partition coefficient (Wildman–Crippen LogP) is 2.31. The molecular weight excluding hydrogens is 203 g/mol. The van der Waals surface area contributed by atoms with Gasteiger partial charge in [0.05, 0.1) is 5.02 Å². The van der Waals surface area contributed by atoms with Crippen LogP contribution in [-0.4, -0.2) is 8.42 Å². The summed E-state index contributed by atoms with van der Waals surface area (Å²) in [5, 5.41) is -0.0856. The molecule has 0 atom stereocenters. The van der Waals surface area contributed by atoms with Gasteiger partial charge in [0.1, 0.15) is 4.90 Å². The van der Waals surface area contributed by atoms with Crippen LogP contribution in [0, 0.1) is 6.92 Å². The summed E-state index contributed by atoms with van der Waals surface area (Å²) in [6.45, 7) is 1.48. The second kappa shape index (κ2) is 3.03. The molecule has 12 heavy (non-hydrogen) atoms. The minimum Gasteiger partial charge on any atom is -0.189 e. The Morgan fingerprint density at radius 2 is 2.00 bits per heavy atom. The quantitative estimate of drug-likeness (QED) is 0.664. The Morgan fingerprint density at radius 3 is 2.33 bits per heavy atom. The van der Waals surface area contributed by atoms with Crippen LogP contribution in [0.15, 0.2) is 23.1 Å². The van der Waals surface area contributed by atoms with Gasteiger partial charge in [-0.05, 0) is 18.6 Å². The van der Waals surface area contributed by atoms with Gasteiger partial charge in [0.15, 0.2) is 0 Å². The summed E-state index contributed by atoms with van der Waals surface area (Å²) in [6, 6.07) is 4.38. The number of aryl methyl sites for hydroxylation is 1. The van der Waals surface area contributed by atoms with E-state index in [0.29, 0.717) is 5.56 Å². The van der Waals surface area contributed by atoms with Crippen molar-refractivity contribution in [3.63, 3.8) is 0 Å². The van der Waals surface area contributed by atoms with Crippen LogP contribution in [0.25, 0.3) is 0 Å². The van der Waals surface area contributed by atoms with Crippen LogP contribution in [0.1, 0.15) is 5.56 Å². The molecule has 0 saturated carbocycles. The Labute approximate surface area is 75.2 Å². The van der Waals surface area contributed by atoms with Gasteiger partial charge in [0.25, 0.3) is 0 Å². The van der Waals surface area contributed by atoms with Gasteiger partial charge in [-0.15, -0.1) is 3.89 Å². The molecule has 1 rings (SSSR count). The Kier molecular flexibility index (Phi) is 2.39. The lowest BCUT2D eigenvalue weighted by molar-refractivity contribution is 0.551. The van der Waals surface area contributed by atoms with E-state index in [0.717, 1.165) is 0 Å². The van der Waals surface area contributed by atoms with Gasteiger partial charge in [0, 0.05) is 0 Å². The fourth-order valence-corrected chi connectivity index (χ4v) is 2.18. The monoisotopic (exact) mass is 208 g/mol. The van der Waals surface area contributed by atoms with Crippen LogP contribution in [-0.2, 0) is 10.2 Å². The van der Waals surface area contributed by atoms with Gasteiger partial charge in [-0.25, -0.2) is 0 Å². The van der Waals surface area contributed by atoms with E-state index in [2.05, 4.69) is 0 Å². The molecular formula is C7H6ClFO2S. The predicted molar refractivity (Wildman–Crippen MR) is 44.5 cm³/mol. The van der Waals surface area contributed by atoms with Gasteiger partial charge in [-0.1, -0.05) is 23.7 Å². The molecule has 5 heteroatoms. The van der Waals surface area contributed by atoms with Gasteiger partial charge in [-0.2, -0.15) is 8.42 Å². The number of halogens is 2. The van der Waals surface area contributed by atoms with Crippen molar-refractivity contribution in [3.8, 4) is 0 Å². The van der Waals surface area contributed by atoms with Crippen molar-refractivity contribution in [1.29, 1.82) is 0 Å². The number of hydrogen-bond donors (Lipinski definition) is 0. The first-order valence-electron chi connectivity index (χ1n) is 3.12. The third-order valence-corrected chi connectivity index (χ3v) is 2.86. The van der Waals surface area contributed by atoms with Crippen molar-refractivity contribution < 1.29 is 12.3 Å². The number of rotatable bonds is 1. The lowest BCUT2D eigenvalue weighted by Gasteiger charge is -2.01. The van der Waals surface area contributed by atoms with Crippen LogP contribution in [0.2, 0.25) is 5.02 Å². The summed E-state index contributed by atoms with van der Waals surface area (Å²) < 4.78 is 33.6. The zero-order valence-electron chi connectivity index (χ0n) is 6.21. The molecule has 0 bridgehead atoms. The second-order valence-corrected chi connectivity index (χ2v) is 4.01. The summed E-state index contributed by atoms with van der Waals surface area (Å²) >= 11 is 5.49. The van der Waals surface area contributed by atoms with Gasteiger partial charge in [-0.3, -0.25) is 0 Å². The molecule has 0 aromatic heterocycles. The Hall–Kier alpha value is -0.610. The van der Waals surface area contributed by atoms with Gasteiger partial charge >= 0.3 is 10.2 Å². The first-order chi connectivity index (χ1) is 5.43. The topological polar surface area (TPSA) is 34.1 Å². The van der Waals surface area contributed by atoms with E-state index in [1.54, 1.807) is 6.07 Å². The Bertz CT molecular complexity index is 380. The molecule has 0 fully saturated rings. The zero-order chi connectivity index (χ0) is 9.35. The highest BCUT2D eigenvalue weighted by Crippen LogP contribution is 2.25. The van der Waals surface area contributed by atoms with E-state index < -0.39 is 15.1 Å². The smallest absolute Gasteiger partial charge is 0.189 e. The summed E-state index contributed by atoms with van der Waals surface area (Å²) in [7, 11) is -4.70. The number of hydrogen-bond acceptors (Lipinski definition) is 2. The average Bonchev–Trinajstić information content (AvgIpc) is 1.82. The van der Waals surface area contributed by atoms with Crippen LogP contribution >= 0.6 is 11.6 Å². The highest BCUT2D eigenvalue weighted by Gasteiger charge is 2.18. The molecule has 1 aromatic rings. The van der Waals surface area contributed by atoms with E-state index >= 15 is 0 Å². The van der Waals surface area contributed by atoms with Crippen molar-refractivity contribution >= 4 is 21.8 Å². The molecule has 66 valence electrons. The normalized spacial score (nSPS) is 11.6. The van der Waals surface area contributed by atoms with E-state index in [1.165, 1.54) is 19.1 Å². The highest BCUT2D eigenvalue weighted by atomic mass is 35.5. The largest absolute Gasteiger partial charge is 0.333 e. The maximum absolute atomic E-state index is 12.5. The Balaban J connectivity index is 3.53. The van der Waals surface area contributed by atoms with Crippen LogP contribution < -0.4 is 0 Å². The van der Waals surface area contributed by atoms with Crippen molar-refractivity contribution in [1.82, 2.24) is 0 Å². The van der Waals surface area contributed by atoms with Crippen LogP contribution in [0.4, 0.5) is 3.89 Å². The van der Waals surface area contributed by atoms with E-state index in [9.17, 15) is 12.3 Å². The second-order valence-electron chi connectivity index (χ2n) is 2.32. The molecule has 0 spiro atoms. The summed E-state index contributed by atoms with van der Waals surface area (Å²) in [4.78, 5) is -0.438. The highest BCUT2D eigenvalue weighted by molar-refractivity contribution is 7.86. The van der Waals surface area contributed by atoms with Crippen molar-refractivity contribution in [2.24, 2.45) is 0 Å². The van der Waals surface area contributed by atoms with Gasteiger partial charge < -0.3 is 0 Å². The molecule has 0 radical (unpaired) electrons. The standard InChI is InChI=1S/C7H6ClFO2S/c1-5-3-2-4-6(8)7(5)12(9,10)11/h2-4H,1H3. The third kappa shape index (κ3) is 1.76. The minimum atomic E-state index is -4.70. The Morgan fingerprint density at radius 1 is 1.42 bits per heavy atom. The third-order valence-electron chi connectivity index (χ3n) is 1.41. The summed E-state index contributed by atoms with van der Waals surface area (Å²) in [6.07, 6.45) is 0. The first-order valence-corrected chi connectivity index (χ1v) is 4.89. The van der Waals surface area contributed by atoms with E-state index in [4.69, 9.17) is 11.6 Å². The molecule has 0 aliphatic heterocycles. The van der Waals surface area contributed by atoms with E-state index in [-0.39, 0.29) is 5.02 Å². The molecule has 0 heterocycles. The summed E-state index contributed by atoms with van der Waals surface area (Å²) in [5.74, 6) is 0. The minimum absolute atomic E-state index is 0.0856. The molecule has 0 aliphatic rings. The maximum atomic E-state index is 12.5. The lowest BCUT2D eigenvalue weighted by Crippen LogP contribution is -1.96. The molecule has 0 amide bonds. The maximum Gasteiger partial charge on any atom is 0.333 e. The van der Waals surface area contributed by atoms with Gasteiger partial charge in [0.2, 0.25) is 0 Å². The number of benzene rings is 1. The zero-order valence-corrected chi connectivity index (χ0v) is 7.79. The molecule has 0 N–H and O–H groups in total. The summed E-state index contributed by atoms with van der Waals surface area (Å²) in [5.41, 5.74) is 0.310. The fourth-order valence-electron chi connectivity index (χ4n) is 0.925. The molecule has 2 nitrogen and oxygen atoms in total. The molecule has 0 aliphatic carbocycles. The fraction of sp³-hybridized carbons (Fsp3) is 0.143. The molecule has 0 unspecified atom stereocenters. The average molecular weight is 209 g/mol. The van der Waals surface area contributed by atoms with E-state index in [1.807, 2.05) is 0 Å². The van der Waals surface area contributed by atoms with Crippen LogP contribution in [0.3, 0.4) is 0 Å². The van der Waals surface area contributed by atoms with Crippen molar-refractivity contribution in [3.05, 3.63) is 28.8 Å². The molecule has 1 aromatic carbocycles. The molecule has 0 saturated heterocycles.